The lowest BCUT2D eigenvalue weighted by atomic mass is 10.2. The standard InChI is InChI=1S/C17H21N5O/c23-16(20-13-14-7-3-4-9-18-14)15-8-10-19-17(21-15)22-11-5-1-2-6-12-22/h3-4,7-10H,1-2,5-6,11-13H2,(H,20,23). The van der Waals surface area contributed by atoms with Crippen molar-refractivity contribution in [3.05, 3.63) is 48.0 Å². The molecule has 2 aromatic rings. The third-order valence-electron chi connectivity index (χ3n) is 3.92. The van der Waals surface area contributed by atoms with Gasteiger partial charge in [0.15, 0.2) is 0 Å². The molecule has 0 aromatic carbocycles. The van der Waals surface area contributed by atoms with Crippen molar-refractivity contribution in [2.75, 3.05) is 18.0 Å². The molecule has 1 fully saturated rings. The first kappa shape index (κ1) is 15.4. The van der Waals surface area contributed by atoms with Gasteiger partial charge in [0.2, 0.25) is 5.95 Å². The Bertz CT molecular complexity index is 638. The maximum Gasteiger partial charge on any atom is 0.270 e. The Morgan fingerprint density at radius 2 is 1.87 bits per heavy atom. The van der Waals surface area contributed by atoms with Crippen LogP contribution in [0.15, 0.2) is 36.7 Å². The average Bonchev–Trinajstić information content (AvgIpc) is 2.90. The van der Waals surface area contributed by atoms with Crippen LogP contribution in [0.4, 0.5) is 5.95 Å². The Balaban J connectivity index is 1.65. The fraction of sp³-hybridized carbons (Fsp3) is 0.412. The van der Waals surface area contributed by atoms with Crippen LogP contribution in [0.5, 0.6) is 0 Å². The number of nitrogens with zero attached hydrogens (tertiary/aromatic N) is 4. The Labute approximate surface area is 136 Å². The van der Waals surface area contributed by atoms with Crippen LogP contribution < -0.4 is 10.2 Å². The summed E-state index contributed by atoms with van der Waals surface area (Å²) in [6.07, 6.45) is 8.17. The highest BCUT2D eigenvalue weighted by Crippen LogP contribution is 2.15. The highest BCUT2D eigenvalue weighted by atomic mass is 16.1. The summed E-state index contributed by atoms with van der Waals surface area (Å²) in [5.74, 6) is 0.450. The van der Waals surface area contributed by atoms with Crippen molar-refractivity contribution >= 4 is 11.9 Å². The molecule has 0 atom stereocenters. The van der Waals surface area contributed by atoms with Crippen molar-refractivity contribution in [2.24, 2.45) is 0 Å². The SMILES string of the molecule is O=C(NCc1ccccn1)c1ccnc(N2CCCCCC2)n1. The number of anilines is 1. The molecule has 1 amide bonds. The highest BCUT2D eigenvalue weighted by Gasteiger charge is 2.15. The molecule has 1 aliphatic rings. The van der Waals surface area contributed by atoms with E-state index < -0.39 is 0 Å². The van der Waals surface area contributed by atoms with Gasteiger partial charge in [0, 0.05) is 25.5 Å². The minimum atomic E-state index is -0.200. The lowest BCUT2D eigenvalue weighted by Gasteiger charge is -2.20. The van der Waals surface area contributed by atoms with E-state index in [4.69, 9.17) is 0 Å². The lowest BCUT2D eigenvalue weighted by Crippen LogP contribution is -2.28. The number of amides is 1. The second kappa shape index (κ2) is 7.67. The van der Waals surface area contributed by atoms with Gasteiger partial charge >= 0.3 is 0 Å². The largest absolute Gasteiger partial charge is 0.345 e. The molecule has 0 spiro atoms. The maximum atomic E-state index is 12.3. The van der Waals surface area contributed by atoms with Gasteiger partial charge in [-0.1, -0.05) is 18.9 Å². The van der Waals surface area contributed by atoms with E-state index in [0.29, 0.717) is 18.2 Å². The summed E-state index contributed by atoms with van der Waals surface area (Å²) in [7, 11) is 0. The first-order chi connectivity index (χ1) is 11.3. The summed E-state index contributed by atoms with van der Waals surface area (Å²) in [5.41, 5.74) is 1.22. The molecular weight excluding hydrogens is 290 g/mol. The number of hydrogen-bond donors (Lipinski definition) is 1. The van der Waals surface area contributed by atoms with Crippen molar-refractivity contribution < 1.29 is 4.79 Å². The van der Waals surface area contributed by atoms with Gasteiger partial charge < -0.3 is 10.2 Å². The number of hydrogen-bond acceptors (Lipinski definition) is 5. The lowest BCUT2D eigenvalue weighted by molar-refractivity contribution is 0.0945. The minimum absolute atomic E-state index is 0.200. The summed E-state index contributed by atoms with van der Waals surface area (Å²) in [6.45, 7) is 2.31. The third-order valence-corrected chi connectivity index (χ3v) is 3.92. The van der Waals surface area contributed by atoms with Crippen LogP contribution in [0.3, 0.4) is 0 Å². The highest BCUT2D eigenvalue weighted by molar-refractivity contribution is 5.92. The summed E-state index contributed by atoms with van der Waals surface area (Å²) < 4.78 is 0. The van der Waals surface area contributed by atoms with E-state index >= 15 is 0 Å². The predicted octanol–water partition coefficient (Wildman–Crippen LogP) is 2.18. The minimum Gasteiger partial charge on any atom is -0.345 e. The molecule has 1 aliphatic heterocycles. The molecule has 3 heterocycles. The molecule has 0 aliphatic carbocycles. The number of rotatable bonds is 4. The molecule has 2 aromatic heterocycles. The average molecular weight is 311 g/mol. The molecular formula is C17H21N5O. The Morgan fingerprint density at radius 1 is 1.04 bits per heavy atom. The molecule has 0 unspecified atom stereocenters. The second-order valence-electron chi connectivity index (χ2n) is 5.65. The normalized spacial score (nSPS) is 15.0. The molecule has 0 bridgehead atoms. The predicted molar refractivity (Wildman–Crippen MR) is 88.1 cm³/mol. The van der Waals surface area contributed by atoms with E-state index in [1.165, 1.54) is 12.8 Å². The molecule has 6 nitrogen and oxygen atoms in total. The Hall–Kier alpha value is -2.50. The van der Waals surface area contributed by atoms with Crippen LogP contribution in [-0.2, 0) is 6.54 Å². The van der Waals surface area contributed by atoms with Crippen LogP contribution >= 0.6 is 0 Å². The summed E-state index contributed by atoms with van der Waals surface area (Å²) >= 11 is 0. The van der Waals surface area contributed by atoms with Gasteiger partial charge in [0.1, 0.15) is 5.69 Å². The van der Waals surface area contributed by atoms with E-state index in [1.807, 2.05) is 18.2 Å². The number of pyridine rings is 1. The topological polar surface area (TPSA) is 71.0 Å². The van der Waals surface area contributed by atoms with Crippen molar-refractivity contribution in [3.8, 4) is 0 Å². The first-order valence-corrected chi connectivity index (χ1v) is 8.09. The van der Waals surface area contributed by atoms with E-state index in [9.17, 15) is 4.79 Å². The van der Waals surface area contributed by atoms with Crippen LogP contribution in [0.25, 0.3) is 0 Å². The number of carbonyl (C=O) groups is 1. The van der Waals surface area contributed by atoms with Crippen LogP contribution in [0.2, 0.25) is 0 Å². The van der Waals surface area contributed by atoms with Crippen molar-refractivity contribution in [1.82, 2.24) is 20.3 Å². The van der Waals surface area contributed by atoms with Crippen molar-refractivity contribution in [2.45, 2.75) is 32.2 Å². The fourth-order valence-corrected chi connectivity index (χ4v) is 2.66. The molecule has 3 rings (SSSR count). The first-order valence-electron chi connectivity index (χ1n) is 8.09. The number of aromatic nitrogens is 3. The van der Waals surface area contributed by atoms with Gasteiger partial charge in [-0.3, -0.25) is 9.78 Å². The zero-order valence-corrected chi connectivity index (χ0v) is 13.1. The quantitative estimate of drug-likeness (QED) is 0.937. The maximum absolute atomic E-state index is 12.3. The molecule has 23 heavy (non-hydrogen) atoms. The van der Waals surface area contributed by atoms with E-state index in [0.717, 1.165) is 31.6 Å². The van der Waals surface area contributed by atoms with E-state index in [1.54, 1.807) is 18.5 Å². The van der Waals surface area contributed by atoms with Gasteiger partial charge in [0.25, 0.3) is 5.91 Å². The molecule has 1 saturated heterocycles. The van der Waals surface area contributed by atoms with Gasteiger partial charge in [-0.15, -0.1) is 0 Å². The number of nitrogens with one attached hydrogen (secondary N) is 1. The summed E-state index contributed by atoms with van der Waals surface area (Å²) in [4.78, 5) is 27.4. The number of carbonyl (C=O) groups excluding carboxylic acids is 1. The van der Waals surface area contributed by atoms with Crippen molar-refractivity contribution in [3.63, 3.8) is 0 Å². The van der Waals surface area contributed by atoms with Gasteiger partial charge in [-0.25, -0.2) is 9.97 Å². The van der Waals surface area contributed by atoms with Crippen LogP contribution in [0, 0.1) is 0 Å². The summed E-state index contributed by atoms with van der Waals surface area (Å²) in [6, 6.07) is 7.28. The van der Waals surface area contributed by atoms with E-state index in [2.05, 4.69) is 25.2 Å². The van der Waals surface area contributed by atoms with E-state index in [-0.39, 0.29) is 5.91 Å². The Morgan fingerprint density at radius 3 is 2.61 bits per heavy atom. The zero-order chi connectivity index (χ0) is 15.9. The fourth-order valence-electron chi connectivity index (χ4n) is 2.66. The second-order valence-corrected chi connectivity index (χ2v) is 5.65. The molecule has 0 radical (unpaired) electrons. The summed E-state index contributed by atoms with van der Waals surface area (Å²) in [5, 5.41) is 2.85. The molecule has 6 heteroatoms. The van der Waals surface area contributed by atoms with Gasteiger partial charge in [-0.05, 0) is 31.0 Å². The molecule has 1 N–H and O–H groups in total. The van der Waals surface area contributed by atoms with Crippen molar-refractivity contribution in [1.29, 1.82) is 0 Å². The Kier molecular flexibility index (Phi) is 5.13. The third kappa shape index (κ3) is 4.25. The monoisotopic (exact) mass is 311 g/mol. The van der Waals surface area contributed by atoms with Crippen LogP contribution in [-0.4, -0.2) is 33.9 Å². The van der Waals surface area contributed by atoms with Crippen LogP contribution in [0.1, 0.15) is 41.9 Å². The zero-order valence-electron chi connectivity index (χ0n) is 13.1. The van der Waals surface area contributed by atoms with Gasteiger partial charge in [-0.2, -0.15) is 0 Å². The molecule has 0 saturated carbocycles. The smallest absolute Gasteiger partial charge is 0.270 e. The molecule has 120 valence electrons. The van der Waals surface area contributed by atoms with Gasteiger partial charge in [0.05, 0.1) is 12.2 Å².